The number of methoxy groups -OCH3 is 1. The molecule has 0 bridgehead atoms. The Balaban J connectivity index is 1.52. The molecule has 6 nitrogen and oxygen atoms in total. The smallest absolute Gasteiger partial charge is 0.338 e. The number of carbonyl (C=O) groups is 2. The minimum absolute atomic E-state index is 0.148. The van der Waals surface area contributed by atoms with E-state index in [0.29, 0.717) is 11.3 Å². The van der Waals surface area contributed by atoms with Crippen LogP contribution in [0.25, 0.3) is 10.9 Å². The molecule has 0 saturated carbocycles. The first-order chi connectivity index (χ1) is 12.2. The molecule has 0 radical (unpaired) electrons. The van der Waals surface area contributed by atoms with Crippen LogP contribution < -0.4 is 10.1 Å². The Morgan fingerprint density at radius 2 is 2.16 bits per heavy atom. The lowest BCUT2D eigenvalue weighted by molar-refractivity contribution is -0.116. The molecule has 1 N–H and O–H groups in total. The SMILES string of the molecule is COc1cccc2c1ccn2CC(=O)Nc1ccc2c(c1)COC2=O. The quantitative estimate of drug-likeness (QED) is 0.744. The summed E-state index contributed by atoms with van der Waals surface area (Å²) >= 11 is 0. The third-order valence-electron chi connectivity index (χ3n) is 4.28. The number of nitrogens with one attached hydrogen (secondary N) is 1. The van der Waals surface area contributed by atoms with Crippen molar-refractivity contribution >= 4 is 28.5 Å². The standard InChI is InChI=1S/C19H16N2O4/c1-24-17-4-2-3-16-15(17)7-8-21(16)10-18(22)20-13-5-6-14-12(9-13)11-25-19(14)23/h2-9H,10-11H2,1H3,(H,20,22). The van der Waals surface area contributed by atoms with Crippen molar-refractivity contribution in [2.75, 3.05) is 12.4 Å². The number of cyclic esters (lactones) is 1. The van der Waals surface area contributed by atoms with Crippen LogP contribution in [0.2, 0.25) is 0 Å². The number of anilines is 1. The number of fused-ring (bicyclic) bond motifs is 2. The van der Waals surface area contributed by atoms with Gasteiger partial charge in [-0.05, 0) is 36.4 Å². The highest BCUT2D eigenvalue weighted by Crippen LogP contribution is 2.26. The number of esters is 1. The van der Waals surface area contributed by atoms with Crippen molar-refractivity contribution in [1.29, 1.82) is 0 Å². The van der Waals surface area contributed by atoms with Gasteiger partial charge in [0.2, 0.25) is 5.91 Å². The number of ether oxygens (including phenoxy) is 2. The second kappa shape index (κ2) is 5.98. The third-order valence-corrected chi connectivity index (χ3v) is 4.28. The van der Waals surface area contributed by atoms with Crippen LogP contribution in [0.15, 0.2) is 48.7 Å². The molecule has 0 spiro atoms. The highest BCUT2D eigenvalue weighted by molar-refractivity contribution is 5.96. The van der Waals surface area contributed by atoms with Crippen molar-refractivity contribution in [1.82, 2.24) is 4.57 Å². The van der Waals surface area contributed by atoms with Crippen LogP contribution in [0, 0.1) is 0 Å². The van der Waals surface area contributed by atoms with Crippen molar-refractivity contribution in [2.45, 2.75) is 13.2 Å². The zero-order valence-electron chi connectivity index (χ0n) is 13.6. The van der Waals surface area contributed by atoms with E-state index in [4.69, 9.17) is 9.47 Å². The van der Waals surface area contributed by atoms with E-state index in [0.717, 1.165) is 22.2 Å². The summed E-state index contributed by atoms with van der Waals surface area (Å²) in [5.41, 5.74) is 2.93. The molecule has 126 valence electrons. The lowest BCUT2D eigenvalue weighted by atomic mass is 10.1. The summed E-state index contributed by atoms with van der Waals surface area (Å²) in [6, 6.07) is 12.8. The molecule has 25 heavy (non-hydrogen) atoms. The van der Waals surface area contributed by atoms with Crippen LogP contribution in [0.3, 0.4) is 0 Å². The molecule has 1 aliphatic heterocycles. The Kier molecular flexibility index (Phi) is 3.65. The van der Waals surface area contributed by atoms with E-state index in [1.165, 1.54) is 0 Å². The number of hydrogen-bond acceptors (Lipinski definition) is 4. The van der Waals surface area contributed by atoms with Crippen LogP contribution in [0.1, 0.15) is 15.9 Å². The van der Waals surface area contributed by atoms with Crippen LogP contribution in [0.4, 0.5) is 5.69 Å². The summed E-state index contributed by atoms with van der Waals surface area (Å²) in [7, 11) is 1.63. The van der Waals surface area contributed by atoms with Crippen molar-refractivity contribution in [2.24, 2.45) is 0 Å². The zero-order chi connectivity index (χ0) is 17.4. The monoisotopic (exact) mass is 336 g/mol. The topological polar surface area (TPSA) is 69.6 Å². The van der Waals surface area contributed by atoms with E-state index in [-0.39, 0.29) is 25.0 Å². The maximum atomic E-state index is 12.4. The molecule has 0 saturated heterocycles. The van der Waals surface area contributed by atoms with Gasteiger partial charge in [0.1, 0.15) is 18.9 Å². The van der Waals surface area contributed by atoms with Gasteiger partial charge in [-0.25, -0.2) is 4.79 Å². The number of amides is 1. The highest BCUT2D eigenvalue weighted by Gasteiger charge is 2.21. The number of hydrogen-bond donors (Lipinski definition) is 1. The summed E-state index contributed by atoms with van der Waals surface area (Å²) in [6.07, 6.45) is 1.86. The first kappa shape index (κ1) is 15.3. The molecular weight excluding hydrogens is 320 g/mol. The van der Waals surface area contributed by atoms with E-state index >= 15 is 0 Å². The lowest BCUT2D eigenvalue weighted by Crippen LogP contribution is -2.18. The average Bonchev–Trinajstić information content (AvgIpc) is 3.19. The number of benzene rings is 2. The van der Waals surface area contributed by atoms with Gasteiger partial charge in [-0.15, -0.1) is 0 Å². The molecule has 0 unspecified atom stereocenters. The van der Waals surface area contributed by atoms with E-state index in [9.17, 15) is 9.59 Å². The maximum Gasteiger partial charge on any atom is 0.338 e. The Hall–Kier alpha value is -3.28. The number of nitrogens with zero attached hydrogens (tertiary/aromatic N) is 1. The molecule has 2 heterocycles. The summed E-state index contributed by atoms with van der Waals surface area (Å²) in [4.78, 5) is 23.8. The fraction of sp³-hybridized carbons (Fsp3) is 0.158. The van der Waals surface area contributed by atoms with Gasteiger partial charge in [0, 0.05) is 22.8 Å². The van der Waals surface area contributed by atoms with Gasteiger partial charge >= 0.3 is 5.97 Å². The third kappa shape index (κ3) is 2.71. The normalized spacial score (nSPS) is 12.8. The first-order valence-corrected chi connectivity index (χ1v) is 7.87. The van der Waals surface area contributed by atoms with Crippen LogP contribution in [-0.2, 0) is 22.7 Å². The van der Waals surface area contributed by atoms with E-state index in [2.05, 4.69) is 5.32 Å². The Labute approximate surface area is 144 Å². The van der Waals surface area contributed by atoms with E-state index in [1.807, 2.05) is 35.0 Å². The maximum absolute atomic E-state index is 12.4. The number of aromatic nitrogens is 1. The second-order valence-corrected chi connectivity index (χ2v) is 5.83. The highest BCUT2D eigenvalue weighted by atomic mass is 16.5. The second-order valence-electron chi connectivity index (χ2n) is 5.83. The zero-order valence-corrected chi connectivity index (χ0v) is 13.6. The van der Waals surface area contributed by atoms with Crippen LogP contribution >= 0.6 is 0 Å². The Morgan fingerprint density at radius 1 is 1.28 bits per heavy atom. The molecule has 4 rings (SSSR count). The number of rotatable bonds is 4. The predicted octanol–water partition coefficient (Wildman–Crippen LogP) is 2.96. The van der Waals surface area contributed by atoms with Crippen molar-refractivity contribution < 1.29 is 19.1 Å². The lowest BCUT2D eigenvalue weighted by Gasteiger charge is -2.09. The van der Waals surface area contributed by atoms with Crippen LogP contribution in [0.5, 0.6) is 5.75 Å². The fourth-order valence-corrected chi connectivity index (χ4v) is 3.08. The molecule has 0 atom stereocenters. The van der Waals surface area contributed by atoms with Gasteiger partial charge in [-0.2, -0.15) is 0 Å². The minimum Gasteiger partial charge on any atom is -0.496 e. The van der Waals surface area contributed by atoms with Gasteiger partial charge in [-0.3, -0.25) is 4.79 Å². The van der Waals surface area contributed by atoms with Gasteiger partial charge < -0.3 is 19.4 Å². The Bertz CT molecular complexity index is 990. The predicted molar refractivity (Wildman–Crippen MR) is 92.7 cm³/mol. The molecular formula is C19H16N2O4. The fourth-order valence-electron chi connectivity index (χ4n) is 3.08. The molecule has 1 aliphatic rings. The molecule has 6 heteroatoms. The first-order valence-electron chi connectivity index (χ1n) is 7.87. The largest absolute Gasteiger partial charge is 0.496 e. The summed E-state index contributed by atoms with van der Waals surface area (Å²) in [6.45, 7) is 0.434. The molecule has 1 amide bonds. The molecule has 1 aromatic heterocycles. The average molecular weight is 336 g/mol. The molecule has 0 fully saturated rings. The molecule has 0 aliphatic carbocycles. The Morgan fingerprint density at radius 3 is 3.00 bits per heavy atom. The van der Waals surface area contributed by atoms with Crippen molar-refractivity contribution in [3.63, 3.8) is 0 Å². The summed E-state index contributed by atoms with van der Waals surface area (Å²) < 4.78 is 12.2. The van der Waals surface area contributed by atoms with Crippen molar-refractivity contribution in [3.8, 4) is 5.75 Å². The molecule has 2 aromatic carbocycles. The molecule has 3 aromatic rings. The van der Waals surface area contributed by atoms with Crippen molar-refractivity contribution in [3.05, 3.63) is 59.8 Å². The summed E-state index contributed by atoms with van der Waals surface area (Å²) in [5, 5.41) is 3.82. The van der Waals surface area contributed by atoms with Gasteiger partial charge in [0.15, 0.2) is 0 Å². The minimum atomic E-state index is -0.319. The van der Waals surface area contributed by atoms with Crippen LogP contribution in [-0.4, -0.2) is 23.6 Å². The van der Waals surface area contributed by atoms with E-state index < -0.39 is 0 Å². The van der Waals surface area contributed by atoms with E-state index in [1.54, 1.807) is 25.3 Å². The van der Waals surface area contributed by atoms with Gasteiger partial charge in [0.05, 0.1) is 18.2 Å². The number of carbonyl (C=O) groups excluding carboxylic acids is 2. The summed E-state index contributed by atoms with van der Waals surface area (Å²) in [5.74, 6) is 0.311. The van der Waals surface area contributed by atoms with Gasteiger partial charge in [0.25, 0.3) is 0 Å². The van der Waals surface area contributed by atoms with Gasteiger partial charge in [-0.1, -0.05) is 6.07 Å².